The van der Waals surface area contributed by atoms with Gasteiger partial charge in [0.05, 0.1) is 11.7 Å². The maximum Gasteiger partial charge on any atom is 0.308 e. The molecule has 1 aliphatic carbocycles. The van der Waals surface area contributed by atoms with E-state index in [9.17, 15) is 22.0 Å². The zero-order valence-corrected chi connectivity index (χ0v) is 12.4. The molecular weight excluding hydrogens is 304 g/mol. The molecule has 0 spiro atoms. The predicted molar refractivity (Wildman–Crippen MR) is 70.5 cm³/mol. The van der Waals surface area contributed by atoms with Crippen LogP contribution < -0.4 is 0 Å². The molecule has 5 nitrogen and oxygen atoms in total. The van der Waals surface area contributed by atoms with Crippen molar-refractivity contribution in [2.45, 2.75) is 56.5 Å². The third kappa shape index (κ3) is 2.46. The lowest BCUT2D eigenvalue weighted by molar-refractivity contribution is -0.142. The third-order valence-electron chi connectivity index (χ3n) is 5.18. The molecule has 0 radical (unpaired) electrons. The Morgan fingerprint density at radius 2 is 2.00 bits per heavy atom. The summed E-state index contributed by atoms with van der Waals surface area (Å²) in [6, 6.07) is -0.872. The van der Waals surface area contributed by atoms with Gasteiger partial charge in [-0.05, 0) is 32.1 Å². The van der Waals surface area contributed by atoms with Crippen molar-refractivity contribution in [3.8, 4) is 0 Å². The maximum atomic E-state index is 13.7. The largest absolute Gasteiger partial charge is 0.481 e. The Labute approximate surface area is 122 Å². The molecule has 120 valence electrons. The Morgan fingerprint density at radius 3 is 2.52 bits per heavy atom. The normalized spacial score (nSPS) is 39.0. The number of carboxylic acid groups (broad SMARTS) is 1. The smallest absolute Gasteiger partial charge is 0.308 e. The summed E-state index contributed by atoms with van der Waals surface area (Å²) >= 11 is 0. The standard InChI is InChI=1S/C13H19F2NO4S/c14-13(15)5-1-2-8(13)7-21(19,20)16-9-3-4-11(16)10(6-9)12(17)18/h8-11H,1-7H2,(H,17,18). The van der Waals surface area contributed by atoms with Crippen LogP contribution in [-0.2, 0) is 14.8 Å². The van der Waals surface area contributed by atoms with Gasteiger partial charge in [0.25, 0.3) is 5.92 Å². The molecule has 4 atom stereocenters. The van der Waals surface area contributed by atoms with Gasteiger partial charge in [0.1, 0.15) is 0 Å². The molecule has 3 aliphatic rings. The van der Waals surface area contributed by atoms with Crippen LogP contribution in [0.2, 0.25) is 0 Å². The van der Waals surface area contributed by atoms with E-state index in [1.807, 2.05) is 0 Å². The Kier molecular flexibility index (Phi) is 3.52. The number of aliphatic carboxylic acids is 1. The van der Waals surface area contributed by atoms with E-state index >= 15 is 0 Å². The van der Waals surface area contributed by atoms with Crippen LogP contribution in [0.5, 0.6) is 0 Å². The van der Waals surface area contributed by atoms with Crippen molar-refractivity contribution in [3.63, 3.8) is 0 Å². The van der Waals surface area contributed by atoms with Gasteiger partial charge in [-0.3, -0.25) is 4.79 Å². The van der Waals surface area contributed by atoms with Crippen LogP contribution in [0.4, 0.5) is 8.78 Å². The van der Waals surface area contributed by atoms with E-state index in [4.69, 9.17) is 5.11 Å². The number of carbonyl (C=O) groups is 1. The van der Waals surface area contributed by atoms with Gasteiger partial charge in [0, 0.05) is 24.4 Å². The molecule has 0 aromatic heterocycles. The number of fused-ring (bicyclic) bond motifs is 2. The highest BCUT2D eigenvalue weighted by atomic mass is 32.2. The third-order valence-corrected chi connectivity index (χ3v) is 7.22. The summed E-state index contributed by atoms with van der Waals surface area (Å²) in [5.41, 5.74) is 0. The number of carboxylic acids is 1. The molecule has 3 rings (SSSR count). The molecule has 1 saturated carbocycles. The highest BCUT2D eigenvalue weighted by Gasteiger charge is 2.55. The molecule has 3 fully saturated rings. The first-order valence-corrected chi connectivity index (χ1v) is 8.95. The molecule has 2 saturated heterocycles. The summed E-state index contributed by atoms with van der Waals surface area (Å²) in [6.45, 7) is 0. The first kappa shape index (κ1) is 15.1. The first-order valence-electron chi connectivity index (χ1n) is 7.34. The van der Waals surface area contributed by atoms with Gasteiger partial charge >= 0.3 is 5.97 Å². The lowest BCUT2D eigenvalue weighted by atomic mass is 9.89. The summed E-state index contributed by atoms with van der Waals surface area (Å²) in [4.78, 5) is 11.2. The molecule has 0 amide bonds. The van der Waals surface area contributed by atoms with Crippen LogP contribution in [-0.4, -0.2) is 47.6 Å². The number of hydrogen-bond donors (Lipinski definition) is 1. The average molecular weight is 323 g/mol. The minimum absolute atomic E-state index is 0.220. The van der Waals surface area contributed by atoms with E-state index in [0.29, 0.717) is 25.7 Å². The molecule has 4 unspecified atom stereocenters. The van der Waals surface area contributed by atoms with Crippen molar-refractivity contribution in [3.05, 3.63) is 0 Å². The summed E-state index contributed by atoms with van der Waals surface area (Å²) in [5, 5.41) is 9.14. The number of alkyl halides is 2. The van der Waals surface area contributed by atoms with Crippen LogP contribution in [0.25, 0.3) is 0 Å². The molecule has 0 aromatic rings. The van der Waals surface area contributed by atoms with Crippen LogP contribution >= 0.6 is 0 Å². The molecule has 2 heterocycles. The van der Waals surface area contributed by atoms with Crippen molar-refractivity contribution in [2.24, 2.45) is 11.8 Å². The quantitative estimate of drug-likeness (QED) is 0.854. The number of nitrogens with zero attached hydrogens (tertiary/aromatic N) is 1. The van der Waals surface area contributed by atoms with E-state index in [1.54, 1.807) is 0 Å². The minimum atomic E-state index is -3.83. The summed E-state index contributed by atoms with van der Waals surface area (Å²) < 4.78 is 53.6. The minimum Gasteiger partial charge on any atom is -0.481 e. The molecule has 21 heavy (non-hydrogen) atoms. The number of rotatable bonds is 4. The van der Waals surface area contributed by atoms with E-state index in [0.717, 1.165) is 0 Å². The van der Waals surface area contributed by atoms with Gasteiger partial charge < -0.3 is 5.11 Å². The van der Waals surface area contributed by atoms with E-state index in [2.05, 4.69) is 0 Å². The summed E-state index contributed by atoms with van der Waals surface area (Å²) in [7, 11) is -3.83. The van der Waals surface area contributed by atoms with Crippen LogP contribution in [0.15, 0.2) is 0 Å². The fraction of sp³-hybridized carbons (Fsp3) is 0.923. The molecular formula is C13H19F2NO4S. The van der Waals surface area contributed by atoms with Crippen molar-refractivity contribution in [1.29, 1.82) is 0 Å². The Balaban J connectivity index is 1.79. The fourth-order valence-electron chi connectivity index (χ4n) is 4.18. The second kappa shape index (κ2) is 4.87. The lowest BCUT2D eigenvalue weighted by Gasteiger charge is -2.26. The van der Waals surface area contributed by atoms with Gasteiger partial charge in [0.15, 0.2) is 0 Å². The van der Waals surface area contributed by atoms with Crippen LogP contribution in [0.3, 0.4) is 0 Å². The van der Waals surface area contributed by atoms with Gasteiger partial charge in [0.2, 0.25) is 10.0 Å². The van der Waals surface area contributed by atoms with Crippen molar-refractivity contribution < 1.29 is 27.1 Å². The molecule has 1 N–H and O–H groups in total. The SMILES string of the molecule is O=C(O)C1CC2CCC1N2S(=O)(=O)CC1CCCC1(F)F. The maximum absolute atomic E-state index is 13.7. The molecule has 2 bridgehead atoms. The second-order valence-corrected chi connectivity index (χ2v) is 8.36. The van der Waals surface area contributed by atoms with Crippen molar-refractivity contribution in [2.75, 3.05) is 5.75 Å². The van der Waals surface area contributed by atoms with Crippen molar-refractivity contribution in [1.82, 2.24) is 4.31 Å². The molecule has 2 aliphatic heterocycles. The Morgan fingerprint density at radius 1 is 1.29 bits per heavy atom. The van der Waals surface area contributed by atoms with Gasteiger partial charge in [-0.15, -0.1) is 0 Å². The Bertz CT molecular complexity index is 550. The number of halogens is 2. The second-order valence-electron chi connectivity index (χ2n) is 6.44. The lowest BCUT2D eigenvalue weighted by Crippen LogP contribution is -2.42. The van der Waals surface area contributed by atoms with Crippen LogP contribution in [0, 0.1) is 11.8 Å². The predicted octanol–water partition coefficient (Wildman–Crippen LogP) is 1.69. The van der Waals surface area contributed by atoms with Gasteiger partial charge in [-0.2, -0.15) is 4.31 Å². The van der Waals surface area contributed by atoms with Gasteiger partial charge in [-0.25, -0.2) is 17.2 Å². The highest BCUT2D eigenvalue weighted by Crippen LogP contribution is 2.46. The average Bonchev–Trinajstić information content (AvgIpc) is 3.02. The number of hydrogen-bond acceptors (Lipinski definition) is 3. The Hall–Kier alpha value is -0.760. The monoisotopic (exact) mass is 323 g/mol. The van der Waals surface area contributed by atoms with E-state index in [-0.39, 0.29) is 18.9 Å². The molecule has 8 heteroatoms. The summed E-state index contributed by atoms with van der Waals surface area (Å²) in [6.07, 6.45) is 1.77. The van der Waals surface area contributed by atoms with E-state index in [1.165, 1.54) is 4.31 Å². The highest BCUT2D eigenvalue weighted by molar-refractivity contribution is 7.89. The molecule has 0 aromatic carbocycles. The van der Waals surface area contributed by atoms with Gasteiger partial charge in [-0.1, -0.05) is 0 Å². The zero-order valence-electron chi connectivity index (χ0n) is 11.5. The van der Waals surface area contributed by atoms with Crippen LogP contribution in [0.1, 0.15) is 38.5 Å². The summed E-state index contributed by atoms with van der Waals surface area (Å²) in [5.74, 6) is -6.29. The first-order chi connectivity index (χ1) is 9.72. The van der Waals surface area contributed by atoms with Crippen molar-refractivity contribution >= 4 is 16.0 Å². The fourth-order valence-corrected chi connectivity index (χ4v) is 6.58. The van der Waals surface area contributed by atoms with E-state index < -0.39 is 45.5 Å². The topological polar surface area (TPSA) is 74.7 Å². The zero-order chi connectivity index (χ0) is 15.4. The number of sulfonamides is 1.